The third kappa shape index (κ3) is 5.24. The standard InChI is InChI=1S/C56H39N/c1-56(42-19-3-2-4-20-42)52-28-10-9-22-51(52)55-50(27-13-29-53(55)56)48-24-12-26-49-47(48)25-14-30-54(49)57(44-36-31-38-15-5-6-17-41(38)37-44)43-34-32-40(33-35-43)46-23-11-18-39-16-7-8-21-45(39)46/h2-37H,1H3. The van der Waals surface area contributed by atoms with Crippen molar-refractivity contribution in [1.82, 2.24) is 0 Å². The fraction of sp³-hybridized carbons (Fsp3) is 0.0357. The Bertz CT molecular complexity index is 3140. The quantitative estimate of drug-likeness (QED) is 0.165. The molecule has 11 rings (SSSR count). The van der Waals surface area contributed by atoms with E-state index in [2.05, 4.69) is 230 Å². The van der Waals surface area contributed by atoms with Crippen LogP contribution in [-0.4, -0.2) is 0 Å². The van der Waals surface area contributed by atoms with E-state index >= 15 is 0 Å². The summed E-state index contributed by atoms with van der Waals surface area (Å²) in [4.78, 5) is 2.43. The van der Waals surface area contributed by atoms with Crippen molar-refractivity contribution in [2.75, 3.05) is 4.90 Å². The minimum atomic E-state index is -0.260. The van der Waals surface area contributed by atoms with Crippen LogP contribution >= 0.6 is 0 Å². The van der Waals surface area contributed by atoms with Crippen LogP contribution in [0.3, 0.4) is 0 Å². The van der Waals surface area contributed by atoms with Gasteiger partial charge in [-0.15, -0.1) is 0 Å². The third-order valence-corrected chi connectivity index (χ3v) is 12.3. The zero-order valence-corrected chi connectivity index (χ0v) is 31.7. The van der Waals surface area contributed by atoms with Crippen molar-refractivity contribution in [2.45, 2.75) is 12.3 Å². The average Bonchev–Trinajstić information content (AvgIpc) is 3.55. The largest absolute Gasteiger partial charge is 0.310 e. The molecule has 1 heteroatoms. The molecule has 0 amide bonds. The van der Waals surface area contributed by atoms with Crippen molar-refractivity contribution in [1.29, 1.82) is 0 Å². The molecule has 0 saturated heterocycles. The molecule has 0 bridgehead atoms. The maximum Gasteiger partial charge on any atom is 0.0540 e. The van der Waals surface area contributed by atoms with Crippen LogP contribution in [0.4, 0.5) is 17.1 Å². The van der Waals surface area contributed by atoms with Gasteiger partial charge in [-0.1, -0.05) is 188 Å². The predicted octanol–water partition coefficient (Wildman–Crippen LogP) is 15.3. The van der Waals surface area contributed by atoms with Gasteiger partial charge in [0.05, 0.1) is 5.69 Å². The van der Waals surface area contributed by atoms with Crippen molar-refractivity contribution in [3.05, 3.63) is 235 Å². The molecule has 0 N–H and O–H groups in total. The van der Waals surface area contributed by atoms with E-state index in [1.165, 1.54) is 82.4 Å². The van der Waals surface area contributed by atoms with Crippen LogP contribution < -0.4 is 4.90 Å². The average molecular weight is 726 g/mol. The van der Waals surface area contributed by atoms with E-state index in [1.807, 2.05) is 0 Å². The normalized spacial score (nSPS) is 14.5. The molecule has 1 unspecified atom stereocenters. The van der Waals surface area contributed by atoms with Crippen molar-refractivity contribution in [3.63, 3.8) is 0 Å². The van der Waals surface area contributed by atoms with Gasteiger partial charge in [-0.3, -0.25) is 0 Å². The molecule has 0 radical (unpaired) electrons. The van der Waals surface area contributed by atoms with Crippen LogP contribution in [0.2, 0.25) is 0 Å². The molecule has 0 heterocycles. The highest BCUT2D eigenvalue weighted by Crippen LogP contribution is 2.55. The molecule has 1 aliphatic rings. The van der Waals surface area contributed by atoms with Crippen molar-refractivity contribution < 1.29 is 0 Å². The molecule has 0 aliphatic heterocycles. The Morgan fingerprint density at radius 3 is 1.81 bits per heavy atom. The molecule has 0 spiro atoms. The maximum absolute atomic E-state index is 2.43. The molecule has 0 saturated carbocycles. The van der Waals surface area contributed by atoms with Gasteiger partial charge in [-0.25, -0.2) is 0 Å². The van der Waals surface area contributed by atoms with E-state index in [0.29, 0.717) is 0 Å². The number of rotatable bonds is 6. The minimum Gasteiger partial charge on any atom is -0.310 e. The van der Waals surface area contributed by atoms with Crippen LogP contribution in [0, 0.1) is 0 Å². The fourth-order valence-corrected chi connectivity index (χ4v) is 9.58. The minimum absolute atomic E-state index is 0.260. The first-order chi connectivity index (χ1) is 28.2. The Morgan fingerprint density at radius 2 is 0.930 bits per heavy atom. The highest BCUT2D eigenvalue weighted by molar-refractivity contribution is 6.09. The first kappa shape index (κ1) is 33.1. The maximum atomic E-state index is 2.43. The SMILES string of the molecule is CC1(c2ccccc2)c2ccccc2-c2c(-c3cccc4c(N(c5ccc(-c6cccc7ccccc67)cc5)c5ccc6ccccc6c5)cccc34)cccc21. The second-order valence-electron chi connectivity index (χ2n) is 15.4. The number of nitrogens with zero attached hydrogens (tertiary/aromatic N) is 1. The van der Waals surface area contributed by atoms with Gasteiger partial charge in [0.2, 0.25) is 0 Å². The van der Waals surface area contributed by atoms with E-state index in [0.717, 1.165) is 17.1 Å². The summed E-state index contributed by atoms with van der Waals surface area (Å²) < 4.78 is 0. The summed E-state index contributed by atoms with van der Waals surface area (Å²) in [5.74, 6) is 0. The Hall–Kier alpha value is -7.22. The topological polar surface area (TPSA) is 3.24 Å². The van der Waals surface area contributed by atoms with Gasteiger partial charge in [0.25, 0.3) is 0 Å². The van der Waals surface area contributed by atoms with Crippen LogP contribution in [0.5, 0.6) is 0 Å². The van der Waals surface area contributed by atoms with Gasteiger partial charge in [-0.05, 0) is 114 Å². The van der Waals surface area contributed by atoms with Crippen molar-refractivity contribution >= 4 is 49.4 Å². The van der Waals surface area contributed by atoms with Crippen molar-refractivity contribution in [3.8, 4) is 33.4 Å². The monoisotopic (exact) mass is 725 g/mol. The molecule has 0 aromatic heterocycles. The van der Waals surface area contributed by atoms with Gasteiger partial charge >= 0.3 is 0 Å². The van der Waals surface area contributed by atoms with Crippen LogP contribution in [-0.2, 0) is 5.41 Å². The van der Waals surface area contributed by atoms with E-state index in [-0.39, 0.29) is 5.41 Å². The lowest BCUT2D eigenvalue weighted by Gasteiger charge is -2.28. The summed E-state index contributed by atoms with van der Waals surface area (Å²) in [6, 6.07) is 80.3. The van der Waals surface area contributed by atoms with Crippen molar-refractivity contribution in [2.24, 2.45) is 0 Å². The Kier molecular flexibility index (Phi) is 7.69. The second-order valence-corrected chi connectivity index (χ2v) is 15.4. The highest BCUT2D eigenvalue weighted by atomic mass is 15.1. The Labute approximate surface area is 333 Å². The van der Waals surface area contributed by atoms with E-state index < -0.39 is 0 Å². The molecule has 1 atom stereocenters. The van der Waals surface area contributed by atoms with Crippen LogP contribution in [0.1, 0.15) is 23.6 Å². The Balaban J connectivity index is 1.10. The lowest BCUT2D eigenvalue weighted by Crippen LogP contribution is -2.22. The molecule has 10 aromatic carbocycles. The fourth-order valence-electron chi connectivity index (χ4n) is 9.58. The number of anilines is 3. The van der Waals surface area contributed by atoms with Crippen LogP contribution in [0.25, 0.3) is 65.7 Å². The molecule has 1 nitrogen and oxygen atoms in total. The molecular formula is C56H39N. The lowest BCUT2D eigenvalue weighted by atomic mass is 9.74. The Morgan fingerprint density at radius 1 is 0.351 bits per heavy atom. The zero-order valence-electron chi connectivity index (χ0n) is 31.7. The van der Waals surface area contributed by atoms with Gasteiger partial charge in [0, 0.05) is 22.2 Å². The summed E-state index contributed by atoms with van der Waals surface area (Å²) >= 11 is 0. The first-order valence-electron chi connectivity index (χ1n) is 19.8. The van der Waals surface area contributed by atoms with Gasteiger partial charge < -0.3 is 4.90 Å². The third-order valence-electron chi connectivity index (χ3n) is 12.3. The first-order valence-corrected chi connectivity index (χ1v) is 19.8. The van der Waals surface area contributed by atoms with Crippen LogP contribution in [0.15, 0.2) is 218 Å². The highest BCUT2D eigenvalue weighted by Gasteiger charge is 2.41. The number of fused-ring (bicyclic) bond motifs is 6. The molecule has 10 aromatic rings. The summed E-state index contributed by atoms with van der Waals surface area (Å²) in [6.45, 7) is 2.39. The molecular weight excluding hydrogens is 687 g/mol. The summed E-state index contributed by atoms with van der Waals surface area (Å²) in [7, 11) is 0. The number of benzene rings is 10. The smallest absolute Gasteiger partial charge is 0.0540 e. The molecule has 57 heavy (non-hydrogen) atoms. The summed E-state index contributed by atoms with van der Waals surface area (Å²) in [6.07, 6.45) is 0. The van der Waals surface area contributed by atoms with Gasteiger partial charge in [0.15, 0.2) is 0 Å². The van der Waals surface area contributed by atoms with Gasteiger partial charge in [-0.2, -0.15) is 0 Å². The second kappa shape index (κ2) is 13.2. The predicted molar refractivity (Wildman–Crippen MR) is 242 cm³/mol. The lowest BCUT2D eigenvalue weighted by molar-refractivity contribution is 0.714. The summed E-state index contributed by atoms with van der Waals surface area (Å²) in [5, 5.41) is 7.39. The van der Waals surface area contributed by atoms with E-state index in [1.54, 1.807) is 0 Å². The van der Waals surface area contributed by atoms with Gasteiger partial charge in [0.1, 0.15) is 0 Å². The number of hydrogen-bond donors (Lipinski definition) is 0. The van der Waals surface area contributed by atoms with E-state index in [4.69, 9.17) is 0 Å². The number of hydrogen-bond acceptors (Lipinski definition) is 1. The summed E-state index contributed by atoms with van der Waals surface area (Å²) in [5.41, 5.74) is 14.7. The molecule has 1 aliphatic carbocycles. The molecule has 268 valence electrons. The zero-order chi connectivity index (χ0) is 37.9. The van der Waals surface area contributed by atoms with E-state index in [9.17, 15) is 0 Å². The molecule has 0 fully saturated rings.